The minimum Gasteiger partial charge on any atom is -0.502 e. The van der Waals surface area contributed by atoms with Crippen LogP contribution < -0.4 is 5.32 Å². The molecule has 0 bridgehead atoms. The van der Waals surface area contributed by atoms with Crippen molar-refractivity contribution in [2.45, 2.75) is 12.5 Å². The number of phenols is 1. The number of aromatic hydroxyl groups is 1. The first-order valence-corrected chi connectivity index (χ1v) is 7.04. The van der Waals surface area contributed by atoms with E-state index in [0.29, 0.717) is 6.61 Å². The Morgan fingerprint density at radius 3 is 2.87 bits per heavy atom. The first-order chi connectivity index (χ1) is 11.1. The van der Waals surface area contributed by atoms with Crippen molar-refractivity contribution in [2.75, 3.05) is 11.9 Å². The Morgan fingerprint density at radius 1 is 1.30 bits per heavy atom. The number of ether oxygens (including phenoxy) is 1. The minimum absolute atomic E-state index is 0.228. The molecule has 7 nitrogen and oxygen atoms in total. The fourth-order valence-electron chi connectivity index (χ4n) is 2.57. The Balaban J connectivity index is 1.83. The molecule has 2 N–H and O–H groups in total. The van der Waals surface area contributed by atoms with Crippen LogP contribution in [0.3, 0.4) is 0 Å². The van der Waals surface area contributed by atoms with Crippen molar-refractivity contribution in [3.63, 3.8) is 0 Å². The third-order valence-corrected chi connectivity index (χ3v) is 3.67. The zero-order valence-corrected chi connectivity index (χ0v) is 12.1. The number of phenolic OH excluding ortho intramolecular Hbond substituents is 1. The number of nitro groups is 1. The molecule has 1 unspecified atom stereocenters. The first-order valence-electron chi connectivity index (χ1n) is 7.04. The molecule has 2 aromatic rings. The van der Waals surface area contributed by atoms with Crippen LogP contribution in [0.15, 0.2) is 42.5 Å². The summed E-state index contributed by atoms with van der Waals surface area (Å²) in [5, 5.41) is 22.9. The van der Waals surface area contributed by atoms with E-state index < -0.39 is 28.4 Å². The standard InChI is InChI=1S/C16H14N2O5/c19-14-6-5-11(9-13(14)18(21)22)17-16(20)15-12-4-2-1-3-10(12)7-8-23-15/h1-6,9,15,19H,7-8H2,(H,17,20). The Morgan fingerprint density at radius 2 is 2.09 bits per heavy atom. The van der Waals surface area contributed by atoms with Crippen LogP contribution in [0, 0.1) is 10.1 Å². The van der Waals surface area contributed by atoms with Crippen molar-refractivity contribution in [2.24, 2.45) is 0 Å². The van der Waals surface area contributed by atoms with E-state index >= 15 is 0 Å². The van der Waals surface area contributed by atoms with Gasteiger partial charge in [-0.25, -0.2) is 0 Å². The van der Waals surface area contributed by atoms with Crippen molar-refractivity contribution < 1.29 is 19.6 Å². The molecule has 7 heteroatoms. The number of amides is 1. The van der Waals surface area contributed by atoms with Crippen molar-refractivity contribution in [1.29, 1.82) is 0 Å². The van der Waals surface area contributed by atoms with Crippen LogP contribution in [0.1, 0.15) is 17.2 Å². The van der Waals surface area contributed by atoms with Crippen LogP contribution in [0.2, 0.25) is 0 Å². The molecule has 23 heavy (non-hydrogen) atoms. The summed E-state index contributed by atoms with van der Waals surface area (Å²) in [7, 11) is 0. The minimum atomic E-state index is -0.757. The number of anilines is 1. The quantitative estimate of drug-likeness (QED) is 0.515. The smallest absolute Gasteiger partial charge is 0.312 e. The maximum Gasteiger partial charge on any atom is 0.312 e. The normalized spacial score (nSPS) is 16.4. The van der Waals surface area contributed by atoms with Gasteiger partial charge in [0.25, 0.3) is 5.91 Å². The van der Waals surface area contributed by atoms with Gasteiger partial charge in [0.15, 0.2) is 11.9 Å². The highest BCUT2D eigenvalue weighted by molar-refractivity contribution is 5.95. The van der Waals surface area contributed by atoms with Crippen LogP contribution >= 0.6 is 0 Å². The monoisotopic (exact) mass is 314 g/mol. The van der Waals surface area contributed by atoms with Gasteiger partial charge in [-0.1, -0.05) is 24.3 Å². The molecular formula is C16H14N2O5. The Hall–Kier alpha value is -2.93. The predicted octanol–water partition coefficient (Wildman–Crippen LogP) is 2.55. The van der Waals surface area contributed by atoms with E-state index in [9.17, 15) is 20.0 Å². The molecule has 1 aliphatic rings. The van der Waals surface area contributed by atoms with Gasteiger partial charge < -0.3 is 15.2 Å². The SMILES string of the molecule is O=C(Nc1ccc(O)c([N+](=O)[O-])c1)C1OCCc2ccccc21. The zero-order valence-electron chi connectivity index (χ0n) is 12.1. The highest BCUT2D eigenvalue weighted by Crippen LogP contribution is 2.31. The van der Waals surface area contributed by atoms with Crippen LogP contribution in [0.5, 0.6) is 5.75 Å². The summed E-state index contributed by atoms with van der Waals surface area (Å²) in [4.78, 5) is 22.6. The van der Waals surface area contributed by atoms with E-state index in [4.69, 9.17) is 4.74 Å². The van der Waals surface area contributed by atoms with E-state index in [1.807, 2.05) is 24.3 Å². The van der Waals surface area contributed by atoms with Gasteiger partial charge >= 0.3 is 5.69 Å². The third kappa shape index (κ3) is 3.00. The second kappa shape index (κ2) is 6.05. The molecule has 0 aromatic heterocycles. The lowest BCUT2D eigenvalue weighted by Crippen LogP contribution is -2.28. The van der Waals surface area contributed by atoms with Gasteiger partial charge in [-0.15, -0.1) is 0 Å². The molecule has 0 aliphatic carbocycles. The lowest BCUT2D eigenvalue weighted by atomic mass is 9.97. The molecule has 0 saturated heterocycles. The Kier molecular flexibility index (Phi) is 3.94. The van der Waals surface area contributed by atoms with Crippen LogP contribution in [0.25, 0.3) is 0 Å². The number of carbonyl (C=O) groups is 1. The molecule has 0 spiro atoms. The molecular weight excluding hydrogens is 300 g/mol. The predicted molar refractivity (Wildman–Crippen MR) is 82.2 cm³/mol. The van der Waals surface area contributed by atoms with E-state index in [0.717, 1.165) is 23.6 Å². The summed E-state index contributed by atoms with van der Waals surface area (Å²) >= 11 is 0. The van der Waals surface area contributed by atoms with Gasteiger partial charge in [0, 0.05) is 11.8 Å². The van der Waals surface area contributed by atoms with Crippen LogP contribution in [-0.4, -0.2) is 22.5 Å². The summed E-state index contributed by atoms with van der Waals surface area (Å²) in [5.41, 5.74) is 1.61. The van der Waals surface area contributed by atoms with Crippen molar-refractivity contribution in [3.8, 4) is 5.75 Å². The maximum atomic E-state index is 12.4. The number of nitrogens with zero attached hydrogens (tertiary/aromatic N) is 1. The molecule has 1 aliphatic heterocycles. The summed E-state index contributed by atoms with van der Waals surface area (Å²) in [5.74, 6) is -0.857. The number of fused-ring (bicyclic) bond motifs is 1. The van der Waals surface area contributed by atoms with E-state index in [1.54, 1.807) is 0 Å². The molecule has 0 radical (unpaired) electrons. The van der Waals surface area contributed by atoms with Crippen LogP contribution in [-0.2, 0) is 16.0 Å². The molecule has 118 valence electrons. The van der Waals surface area contributed by atoms with Gasteiger partial charge in [-0.05, 0) is 29.7 Å². The van der Waals surface area contributed by atoms with Gasteiger partial charge in [-0.2, -0.15) is 0 Å². The van der Waals surface area contributed by atoms with Gasteiger partial charge in [0.05, 0.1) is 11.5 Å². The largest absolute Gasteiger partial charge is 0.502 e. The van der Waals surface area contributed by atoms with Crippen LogP contribution in [0.4, 0.5) is 11.4 Å². The number of nitro benzene ring substituents is 1. The molecule has 3 rings (SSSR count). The number of hydrogen-bond acceptors (Lipinski definition) is 5. The fourth-order valence-corrected chi connectivity index (χ4v) is 2.57. The summed E-state index contributed by atoms with van der Waals surface area (Å²) < 4.78 is 5.54. The number of carbonyl (C=O) groups excluding carboxylic acids is 1. The Labute approximate surface area is 131 Å². The number of hydrogen-bond donors (Lipinski definition) is 2. The van der Waals surface area contributed by atoms with Crippen molar-refractivity contribution in [3.05, 3.63) is 63.7 Å². The second-order valence-corrected chi connectivity index (χ2v) is 5.15. The average Bonchev–Trinajstić information content (AvgIpc) is 2.55. The maximum absolute atomic E-state index is 12.4. The number of rotatable bonds is 3. The van der Waals surface area contributed by atoms with Gasteiger partial charge in [0.2, 0.25) is 0 Å². The molecule has 1 amide bonds. The van der Waals surface area contributed by atoms with Crippen molar-refractivity contribution in [1.82, 2.24) is 0 Å². The molecule has 0 saturated carbocycles. The number of benzene rings is 2. The van der Waals surface area contributed by atoms with E-state index in [1.165, 1.54) is 12.1 Å². The Bertz CT molecular complexity index is 775. The average molecular weight is 314 g/mol. The molecule has 0 fully saturated rings. The first kappa shape index (κ1) is 15.0. The zero-order chi connectivity index (χ0) is 16.4. The summed E-state index contributed by atoms with van der Waals surface area (Å²) in [6.45, 7) is 0.435. The fraction of sp³-hybridized carbons (Fsp3) is 0.188. The van der Waals surface area contributed by atoms with Gasteiger partial charge in [0.1, 0.15) is 0 Å². The second-order valence-electron chi connectivity index (χ2n) is 5.15. The lowest BCUT2D eigenvalue weighted by molar-refractivity contribution is -0.385. The highest BCUT2D eigenvalue weighted by atomic mass is 16.6. The lowest BCUT2D eigenvalue weighted by Gasteiger charge is -2.25. The summed E-state index contributed by atoms with van der Waals surface area (Å²) in [6, 6.07) is 11.2. The molecule has 1 heterocycles. The third-order valence-electron chi connectivity index (χ3n) is 3.67. The molecule has 1 atom stereocenters. The van der Waals surface area contributed by atoms with Gasteiger partial charge in [-0.3, -0.25) is 14.9 Å². The topological polar surface area (TPSA) is 102 Å². The van der Waals surface area contributed by atoms with Crippen molar-refractivity contribution >= 4 is 17.3 Å². The van der Waals surface area contributed by atoms with E-state index in [-0.39, 0.29) is 5.69 Å². The number of nitrogens with one attached hydrogen (secondary N) is 1. The molecule has 2 aromatic carbocycles. The highest BCUT2D eigenvalue weighted by Gasteiger charge is 2.27. The summed E-state index contributed by atoms with van der Waals surface area (Å²) in [6.07, 6.45) is -0.0159. The van der Waals surface area contributed by atoms with E-state index in [2.05, 4.69) is 5.32 Å².